The first kappa shape index (κ1) is 34.8. The molecule has 39 heavy (non-hydrogen) atoms. The number of carbonyl (C=O) groups is 2. The predicted octanol–water partition coefficient (Wildman–Crippen LogP) is 9.57. The van der Waals surface area contributed by atoms with E-state index < -0.39 is 59.1 Å². The van der Waals surface area contributed by atoms with E-state index in [0.717, 1.165) is 26.2 Å². The Labute approximate surface area is 230 Å². The van der Waals surface area contributed by atoms with Gasteiger partial charge < -0.3 is 9.47 Å². The van der Waals surface area contributed by atoms with Gasteiger partial charge in [0.2, 0.25) is 5.82 Å². The molecule has 0 N–H and O–H groups in total. The van der Waals surface area contributed by atoms with E-state index in [9.17, 15) is 31.5 Å². The smallest absolute Gasteiger partial charge is 0.306 e. The molecule has 224 valence electrons. The average molecular weight is 565 g/mol. The van der Waals surface area contributed by atoms with Gasteiger partial charge in [0.25, 0.3) is 0 Å². The summed E-state index contributed by atoms with van der Waals surface area (Å²) in [5, 5.41) is 0. The van der Waals surface area contributed by atoms with Crippen LogP contribution in [-0.4, -0.2) is 18.5 Å². The van der Waals surface area contributed by atoms with Crippen LogP contribution < -0.4 is 0 Å². The summed E-state index contributed by atoms with van der Waals surface area (Å²) in [5.41, 5.74) is -1.24. The van der Waals surface area contributed by atoms with Crippen molar-refractivity contribution in [2.45, 2.75) is 136 Å². The molecular weight excluding hydrogens is 519 g/mol. The number of halogens is 5. The molecule has 0 amide bonds. The summed E-state index contributed by atoms with van der Waals surface area (Å²) in [5.74, 6) is -12.3. The Morgan fingerprint density at radius 1 is 0.564 bits per heavy atom. The molecular formula is C30H45F5O4. The number of ether oxygens (including phenoxy) is 2. The van der Waals surface area contributed by atoms with Gasteiger partial charge in [-0.1, -0.05) is 103 Å². The van der Waals surface area contributed by atoms with Gasteiger partial charge in [0.05, 0.1) is 25.0 Å². The Morgan fingerprint density at radius 2 is 0.923 bits per heavy atom. The number of carbonyl (C=O) groups excluding carboxylic acids is 2. The van der Waals surface area contributed by atoms with E-state index in [2.05, 4.69) is 6.92 Å². The predicted molar refractivity (Wildman–Crippen MR) is 140 cm³/mol. The quantitative estimate of drug-likeness (QED) is 0.0463. The van der Waals surface area contributed by atoms with Crippen LogP contribution in [0.15, 0.2) is 0 Å². The molecule has 0 aromatic heterocycles. The van der Waals surface area contributed by atoms with E-state index >= 15 is 0 Å². The third-order valence-corrected chi connectivity index (χ3v) is 6.75. The topological polar surface area (TPSA) is 52.6 Å². The van der Waals surface area contributed by atoms with Gasteiger partial charge in [-0.15, -0.1) is 0 Å². The zero-order chi connectivity index (χ0) is 29.0. The summed E-state index contributed by atoms with van der Waals surface area (Å²) in [6, 6.07) is 0. The summed E-state index contributed by atoms with van der Waals surface area (Å²) in [6.07, 6.45) is 17.3. The molecule has 1 atom stereocenters. The van der Waals surface area contributed by atoms with Gasteiger partial charge in [-0.2, -0.15) is 0 Å². The first-order chi connectivity index (χ1) is 18.7. The molecule has 1 unspecified atom stereocenters. The summed E-state index contributed by atoms with van der Waals surface area (Å²) < 4.78 is 77.3. The fourth-order valence-electron chi connectivity index (χ4n) is 4.41. The van der Waals surface area contributed by atoms with Crippen molar-refractivity contribution in [1.29, 1.82) is 0 Å². The van der Waals surface area contributed by atoms with Crippen LogP contribution in [0.5, 0.6) is 0 Å². The number of unbranched alkanes of at least 4 members (excludes halogenated alkanes) is 15. The number of benzene rings is 1. The summed E-state index contributed by atoms with van der Waals surface area (Å²) in [7, 11) is 0. The molecule has 0 spiro atoms. The summed E-state index contributed by atoms with van der Waals surface area (Å²) >= 11 is 0. The molecule has 9 heteroatoms. The standard InChI is InChI=1S/C30H45F5O4/c1-3-4-5-6-7-8-9-10-11-12-13-14-15-16-17-18-21-38-23(36)19-20-24(37)39-22(2)25-26(31)28(33)30(35)29(34)27(25)32/h22H,3-21H2,1-2H3. The highest BCUT2D eigenvalue weighted by Gasteiger charge is 2.30. The second-order valence-electron chi connectivity index (χ2n) is 10.1. The van der Waals surface area contributed by atoms with E-state index in [1.165, 1.54) is 77.0 Å². The van der Waals surface area contributed by atoms with Crippen molar-refractivity contribution in [3.63, 3.8) is 0 Å². The monoisotopic (exact) mass is 564 g/mol. The van der Waals surface area contributed by atoms with Gasteiger partial charge in [-0.25, -0.2) is 22.0 Å². The first-order valence-electron chi connectivity index (χ1n) is 14.6. The number of esters is 2. The molecule has 0 heterocycles. The molecule has 1 aromatic rings. The van der Waals surface area contributed by atoms with E-state index in [1.807, 2.05) is 0 Å². The maximum atomic E-state index is 13.8. The van der Waals surface area contributed by atoms with Crippen molar-refractivity contribution in [2.75, 3.05) is 6.61 Å². The van der Waals surface area contributed by atoms with E-state index in [1.54, 1.807) is 0 Å². The lowest BCUT2D eigenvalue weighted by Crippen LogP contribution is -2.16. The van der Waals surface area contributed by atoms with Gasteiger partial charge in [-0.05, 0) is 13.3 Å². The van der Waals surface area contributed by atoms with Gasteiger partial charge >= 0.3 is 11.9 Å². The number of hydrogen-bond acceptors (Lipinski definition) is 4. The molecule has 0 radical (unpaired) electrons. The highest BCUT2D eigenvalue weighted by molar-refractivity contribution is 5.77. The second kappa shape index (κ2) is 20.7. The van der Waals surface area contributed by atoms with E-state index in [4.69, 9.17) is 9.47 Å². The molecule has 0 aliphatic carbocycles. The molecule has 0 fully saturated rings. The molecule has 1 aromatic carbocycles. The Morgan fingerprint density at radius 3 is 1.36 bits per heavy atom. The highest BCUT2D eigenvalue weighted by Crippen LogP contribution is 2.29. The minimum Gasteiger partial charge on any atom is -0.466 e. The SMILES string of the molecule is CCCCCCCCCCCCCCCCCCOC(=O)CCC(=O)OC(C)c1c(F)c(F)c(F)c(F)c1F. The van der Waals surface area contributed by atoms with Crippen molar-refractivity contribution < 1.29 is 41.0 Å². The fourth-order valence-corrected chi connectivity index (χ4v) is 4.41. The molecule has 0 aliphatic heterocycles. The zero-order valence-corrected chi connectivity index (χ0v) is 23.5. The van der Waals surface area contributed by atoms with Crippen molar-refractivity contribution in [2.24, 2.45) is 0 Å². The molecule has 0 bridgehead atoms. The Hall–Kier alpha value is -2.19. The maximum absolute atomic E-state index is 13.8. The van der Waals surface area contributed by atoms with Crippen LogP contribution >= 0.6 is 0 Å². The van der Waals surface area contributed by atoms with Crippen LogP contribution in [0.3, 0.4) is 0 Å². The lowest BCUT2D eigenvalue weighted by Gasteiger charge is -2.16. The number of rotatable bonds is 22. The lowest BCUT2D eigenvalue weighted by molar-refractivity contribution is -0.153. The third kappa shape index (κ3) is 14.1. The largest absolute Gasteiger partial charge is 0.466 e. The van der Waals surface area contributed by atoms with Crippen LogP contribution in [0.2, 0.25) is 0 Å². The lowest BCUT2D eigenvalue weighted by atomic mass is 10.0. The third-order valence-electron chi connectivity index (χ3n) is 6.75. The van der Waals surface area contributed by atoms with Gasteiger partial charge in [0.1, 0.15) is 6.10 Å². The van der Waals surface area contributed by atoms with Crippen LogP contribution in [0.4, 0.5) is 22.0 Å². The summed E-state index contributed by atoms with van der Waals surface area (Å²) in [6.45, 7) is 3.45. The van der Waals surface area contributed by atoms with Crippen LogP contribution in [0.25, 0.3) is 0 Å². The summed E-state index contributed by atoms with van der Waals surface area (Å²) in [4.78, 5) is 23.7. The Balaban J connectivity index is 2.04. The normalized spacial score (nSPS) is 12.0. The molecule has 0 saturated heterocycles. The minimum atomic E-state index is -2.29. The van der Waals surface area contributed by atoms with E-state index in [0.29, 0.717) is 6.42 Å². The van der Waals surface area contributed by atoms with Gasteiger partial charge in [-0.3, -0.25) is 9.59 Å². The first-order valence-corrected chi connectivity index (χ1v) is 14.6. The Kier molecular flexibility index (Phi) is 18.5. The number of hydrogen-bond donors (Lipinski definition) is 0. The van der Waals surface area contributed by atoms with Crippen molar-refractivity contribution >= 4 is 11.9 Å². The average Bonchev–Trinajstić information content (AvgIpc) is 2.91. The van der Waals surface area contributed by atoms with E-state index in [-0.39, 0.29) is 13.0 Å². The molecule has 4 nitrogen and oxygen atoms in total. The Bertz CT molecular complexity index is 833. The maximum Gasteiger partial charge on any atom is 0.306 e. The van der Waals surface area contributed by atoms with Crippen molar-refractivity contribution in [1.82, 2.24) is 0 Å². The molecule has 1 rings (SSSR count). The van der Waals surface area contributed by atoms with Gasteiger partial charge in [0, 0.05) is 0 Å². The van der Waals surface area contributed by atoms with Gasteiger partial charge in [0.15, 0.2) is 23.3 Å². The minimum absolute atomic E-state index is 0.229. The molecule has 0 aliphatic rings. The van der Waals surface area contributed by atoms with Crippen LogP contribution in [0, 0.1) is 29.1 Å². The fraction of sp³-hybridized carbons (Fsp3) is 0.733. The van der Waals surface area contributed by atoms with Crippen LogP contribution in [0.1, 0.15) is 141 Å². The van der Waals surface area contributed by atoms with Crippen LogP contribution in [-0.2, 0) is 19.1 Å². The van der Waals surface area contributed by atoms with Crippen molar-refractivity contribution in [3.8, 4) is 0 Å². The molecule has 0 saturated carbocycles. The van der Waals surface area contributed by atoms with Crippen molar-refractivity contribution in [3.05, 3.63) is 34.6 Å². The zero-order valence-electron chi connectivity index (χ0n) is 23.5. The highest BCUT2D eigenvalue weighted by atomic mass is 19.2. The second-order valence-corrected chi connectivity index (χ2v) is 10.1.